The van der Waals surface area contributed by atoms with E-state index in [2.05, 4.69) is 25.8 Å². The number of morpholine rings is 1. The predicted octanol–water partition coefficient (Wildman–Crippen LogP) is 0.551. The number of amides is 1. The highest BCUT2D eigenvalue weighted by Crippen LogP contribution is 2.16. The first-order valence-electron chi connectivity index (χ1n) is 8.82. The third-order valence-corrected chi connectivity index (χ3v) is 4.43. The maximum Gasteiger partial charge on any atom is 0.239 e. The van der Waals surface area contributed by atoms with Gasteiger partial charge >= 0.3 is 0 Å². The number of hydrogen-bond acceptors (Lipinski definition) is 4. The molecule has 0 unspecified atom stereocenters. The smallest absolute Gasteiger partial charge is 0.239 e. The van der Waals surface area contributed by atoms with Crippen LogP contribution in [0.3, 0.4) is 0 Å². The molecule has 0 atom stereocenters. The molecule has 1 saturated heterocycles. The highest BCUT2D eigenvalue weighted by atomic mass is 127. The van der Waals surface area contributed by atoms with Crippen molar-refractivity contribution in [2.75, 3.05) is 53.0 Å². The average Bonchev–Trinajstić information content (AvgIpc) is 2.59. The molecule has 0 aromatic heterocycles. The summed E-state index contributed by atoms with van der Waals surface area (Å²) in [6, 6.07) is 0.356. The molecular formula is C16H32IN5O2. The first-order valence-corrected chi connectivity index (χ1v) is 8.82. The molecule has 1 aliphatic carbocycles. The van der Waals surface area contributed by atoms with Gasteiger partial charge in [-0.1, -0.05) is 19.3 Å². The Kier molecular flexibility index (Phi) is 11.4. The van der Waals surface area contributed by atoms with Gasteiger partial charge < -0.3 is 20.7 Å². The molecule has 0 aromatic carbocycles. The molecule has 8 heteroatoms. The first-order chi connectivity index (χ1) is 11.3. The van der Waals surface area contributed by atoms with Crippen molar-refractivity contribution in [1.82, 2.24) is 20.9 Å². The van der Waals surface area contributed by atoms with Gasteiger partial charge in [0, 0.05) is 39.3 Å². The molecule has 1 aliphatic heterocycles. The summed E-state index contributed by atoms with van der Waals surface area (Å²) >= 11 is 0. The minimum absolute atomic E-state index is 0. The molecule has 0 radical (unpaired) electrons. The van der Waals surface area contributed by atoms with Crippen LogP contribution < -0.4 is 16.0 Å². The first kappa shape index (κ1) is 21.4. The van der Waals surface area contributed by atoms with E-state index in [1.54, 1.807) is 7.05 Å². The molecule has 2 fully saturated rings. The average molecular weight is 453 g/mol. The van der Waals surface area contributed by atoms with E-state index in [4.69, 9.17) is 4.74 Å². The molecule has 3 N–H and O–H groups in total. The summed E-state index contributed by atoms with van der Waals surface area (Å²) in [5, 5.41) is 9.43. The number of nitrogens with one attached hydrogen (secondary N) is 3. The minimum atomic E-state index is 0. The monoisotopic (exact) mass is 453 g/mol. The van der Waals surface area contributed by atoms with Crippen molar-refractivity contribution in [3.8, 4) is 0 Å². The molecule has 1 amide bonds. The molecule has 140 valence electrons. The van der Waals surface area contributed by atoms with Crippen LogP contribution in [0.5, 0.6) is 0 Å². The topological polar surface area (TPSA) is 78.0 Å². The Morgan fingerprint density at radius 2 is 1.88 bits per heavy atom. The van der Waals surface area contributed by atoms with Gasteiger partial charge in [-0.25, -0.2) is 0 Å². The lowest BCUT2D eigenvalue weighted by Crippen LogP contribution is -2.48. The van der Waals surface area contributed by atoms with E-state index in [0.29, 0.717) is 12.0 Å². The summed E-state index contributed by atoms with van der Waals surface area (Å²) in [5.41, 5.74) is 0. The Balaban J connectivity index is 0.00000288. The zero-order valence-electron chi connectivity index (χ0n) is 14.7. The highest BCUT2D eigenvalue weighted by Gasteiger charge is 2.15. The number of hydrogen-bond donors (Lipinski definition) is 3. The number of halogens is 1. The number of nitrogens with zero attached hydrogens (tertiary/aromatic N) is 2. The van der Waals surface area contributed by atoms with Crippen LogP contribution in [0.4, 0.5) is 0 Å². The van der Waals surface area contributed by atoms with Crippen LogP contribution in [-0.4, -0.2) is 75.8 Å². The Bertz CT molecular complexity index is 383. The molecule has 2 rings (SSSR count). The molecule has 24 heavy (non-hydrogen) atoms. The van der Waals surface area contributed by atoms with Crippen LogP contribution in [-0.2, 0) is 9.53 Å². The molecular weight excluding hydrogens is 421 g/mol. The lowest BCUT2D eigenvalue weighted by molar-refractivity contribution is -0.120. The molecule has 1 heterocycles. The maximum atomic E-state index is 12.0. The number of ether oxygens (including phenoxy) is 1. The van der Waals surface area contributed by atoms with Gasteiger partial charge in [0.2, 0.25) is 5.91 Å². The minimum Gasteiger partial charge on any atom is -0.379 e. The van der Waals surface area contributed by atoms with Gasteiger partial charge in [-0.15, -0.1) is 24.0 Å². The lowest BCUT2D eigenvalue weighted by atomic mass is 9.95. The summed E-state index contributed by atoms with van der Waals surface area (Å²) in [5.74, 6) is 0.727. The van der Waals surface area contributed by atoms with E-state index in [-0.39, 0.29) is 36.4 Å². The fraction of sp³-hybridized carbons (Fsp3) is 0.875. The van der Waals surface area contributed by atoms with Crippen LogP contribution in [0, 0.1) is 0 Å². The number of rotatable bonds is 6. The summed E-state index contributed by atoms with van der Waals surface area (Å²) in [6.45, 7) is 5.63. The van der Waals surface area contributed by atoms with Crippen molar-refractivity contribution < 1.29 is 9.53 Å². The van der Waals surface area contributed by atoms with Gasteiger partial charge in [-0.3, -0.25) is 14.7 Å². The van der Waals surface area contributed by atoms with Crippen LogP contribution in [0.1, 0.15) is 32.1 Å². The van der Waals surface area contributed by atoms with E-state index in [9.17, 15) is 4.79 Å². The zero-order chi connectivity index (χ0) is 16.3. The maximum absolute atomic E-state index is 12.0. The Hall–Kier alpha value is -0.610. The summed E-state index contributed by atoms with van der Waals surface area (Å²) in [7, 11) is 1.73. The third-order valence-electron chi connectivity index (χ3n) is 4.43. The Morgan fingerprint density at radius 3 is 2.54 bits per heavy atom. The second kappa shape index (κ2) is 12.7. The van der Waals surface area contributed by atoms with Crippen LogP contribution >= 0.6 is 24.0 Å². The second-order valence-corrected chi connectivity index (χ2v) is 6.21. The van der Waals surface area contributed by atoms with Crippen molar-refractivity contribution >= 4 is 35.8 Å². The normalized spacial score (nSPS) is 20.1. The van der Waals surface area contributed by atoms with Gasteiger partial charge in [0.25, 0.3) is 0 Å². The third kappa shape index (κ3) is 8.48. The number of carbonyl (C=O) groups excluding carboxylic acids is 1. The van der Waals surface area contributed by atoms with Crippen LogP contribution in [0.2, 0.25) is 0 Å². The van der Waals surface area contributed by atoms with Gasteiger partial charge in [-0.2, -0.15) is 0 Å². The Labute approximate surface area is 162 Å². The molecule has 0 aromatic rings. The lowest BCUT2D eigenvalue weighted by Gasteiger charge is -2.26. The number of aliphatic imine (C=N–C) groups is 1. The van der Waals surface area contributed by atoms with Gasteiger partial charge in [-0.05, 0) is 12.8 Å². The summed E-state index contributed by atoms with van der Waals surface area (Å²) in [4.78, 5) is 18.5. The van der Waals surface area contributed by atoms with E-state index < -0.39 is 0 Å². The fourth-order valence-corrected chi connectivity index (χ4v) is 3.07. The molecule has 2 aliphatic rings. The van der Waals surface area contributed by atoms with Gasteiger partial charge in [0.1, 0.15) is 0 Å². The standard InChI is InChI=1S/C16H31N5O2.HI/c1-17-16(18-7-8-21-9-11-23-12-10-21)19-13-15(22)20-14-5-3-2-4-6-14;/h14H,2-13H2,1H3,(H,20,22)(H2,17,18,19);1H. The summed E-state index contributed by atoms with van der Waals surface area (Å²) in [6.07, 6.45) is 5.97. The fourth-order valence-electron chi connectivity index (χ4n) is 3.07. The van der Waals surface area contributed by atoms with Crippen LogP contribution in [0.15, 0.2) is 4.99 Å². The number of guanidine groups is 1. The van der Waals surface area contributed by atoms with E-state index >= 15 is 0 Å². The van der Waals surface area contributed by atoms with Crippen LogP contribution in [0.25, 0.3) is 0 Å². The molecule has 0 spiro atoms. The predicted molar refractivity (Wildman–Crippen MR) is 107 cm³/mol. The SMILES string of the molecule is CN=C(NCCN1CCOCC1)NCC(=O)NC1CCCCC1.I. The summed E-state index contributed by atoms with van der Waals surface area (Å²) < 4.78 is 5.33. The number of carbonyl (C=O) groups is 1. The van der Waals surface area contributed by atoms with Gasteiger partial charge in [0.15, 0.2) is 5.96 Å². The van der Waals surface area contributed by atoms with Crippen molar-refractivity contribution in [3.05, 3.63) is 0 Å². The largest absolute Gasteiger partial charge is 0.379 e. The quantitative estimate of drug-likeness (QED) is 0.311. The van der Waals surface area contributed by atoms with E-state index in [1.807, 2.05) is 0 Å². The zero-order valence-corrected chi connectivity index (χ0v) is 17.0. The van der Waals surface area contributed by atoms with Crippen molar-refractivity contribution in [3.63, 3.8) is 0 Å². The highest BCUT2D eigenvalue weighted by molar-refractivity contribution is 14.0. The van der Waals surface area contributed by atoms with Crippen molar-refractivity contribution in [2.24, 2.45) is 4.99 Å². The molecule has 0 bridgehead atoms. The van der Waals surface area contributed by atoms with Gasteiger partial charge in [0.05, 0.1) is 19.8 Å². The second-order valence-electron chi connectivity index (χ2n) is 6.21. The molecule has 7 nitrogen and oxygen atoms in total. The van der Waals surface area contributed by atoms with Crippen molar-refractivity contribution in [2.45, 2.75) is 38.1 Å². The molecule has 1 saturated carbocycles. The van der Waals surface area contributed by atoms with E-state index in [1.165, 1.54) is 19.3 Å². The van der Waals surface area contributed by atoms with E-state index in [0.717, 1.165) is 52.2 Å². The Morgan fingerprint density at radius 1 is 1.17 bits per heavy atom. The van der Waals surface area contributed by atoms with Crippen molar-refractivity contribution in [1.29, 1.82) is 0 Å².